The van der Waals surface area contributed by atoms with E-state index in [0.29, 0.717) is 17.1 Å². The first-order valence-corrected chi connectivity index (χ1v) is 8.24. The third-order valence-electron chi connectivity index (χ3n) is 3.81. The minimum atomic E-state index is -0.681. The molecule has 1 fully saturated rings. The number of fused-ring (bicyclic) bond motifs is 1. The molecule has 1 amide bonds. The zero-order valence-corrected chi connectivity index (χ0v) is 11.6. The molecule has 2 aliphatic heterocycles. The highest BCUT2D eigenvalue weighted by molar-refractivity contribution is 7.85. The van der Waals surface area contributed by atoms with Crippen molar-refractivity contribution in [2.24, 2.45) is 0 Å². The lowest BCUT2D eigenvalue weighted by molar-refractivity contribution is 0.0934. The number of amides is 1. The van der Waals surface area contributed by atoms with Gasteiger partial charge in [0.05, 0.1) is 0 Å². The van der Waals surface area contributed by atoms with Crippen LogP contribution in [0, 0.1) is 0 Å². The number of carbonyl (C=O) groups excluding carboxylic acids is 1. The van der Waals surface area contributed by atoms with Crippen LogP contribution in [0.3, 0.4) is 0 Å². The van der Waals surface area contributed by atoms with Crippen molar-refractivity contribution in [3.63, 3.8) is 0 Å². The topological polar surface area (TPSA) is 58.2 Å². The van der Waals surface area contributed by atoms with Crippen molar-refractivity contribution in [1.29, 1.82) is 0 Å². The third-order valence-corrected chi connectivity index (χ3v) is 5.19. The number of hydrogen-bond acceptors (Lipinski definition) is 3. The maximum atomic E-state index is 12.2. The number of benzene rings is 1. The van der Waals surface area contributed by atoms with E-state index in [4.69, 9.17) is 0 Å². The Kier molecular flexibility index (Phi) is 3.55. The van der Waals surface area contributed by atoms with Gasteiger partial charge in [-0.2, -0.15) is 0 Å². The largest absolute Gasteiger partial charge is 0.384 e. The van der Waals surface area contributed by atoms with Crippen molar-refractivity contribution in [2.75, 3.05) is 23.4 Å². The summed E-state index contributed by atoms with van der Waals surface area (Å²) in [5.41, 5.74) is 3.07. The predicted octanol–water partition coefficient (Wildman–Crippen LogP) is 1.30. The number of rotatable bonds is 2. The first-order chi connectivity index (χ1) is 9.22. The van der Waals surface area contributed by atoms with E-state index in [1.807, 2.05) is 18.2 Å². The van der Waals surface area contributed by atoms with Gasteiger partial charge in [-0.3, -0.25) is 9.00 Å². The second kappa shape index (κ2) is 5.33. The molecular weight excluding hydrogens is 260 g/mol. The molecule has 0 radical (unpaired) electrons. The Hall–Kier alpha value is -1.36. The van der Waals surface area contributed by atoms with Crippen molar-refractivity contribution >= 4 is 22.4 Å². The minimum Gasteiger partial charge on any atom is -0.384 e. The quantitative estimate of drug-likeness (QED) is 0.857. The normalized spacial score (nSPS) is 25.5. The Morgan fingerprint density at radius 3 is 2.89 bits per heavy atom. The third kappa shape index (κ3) is 2.81. The van der Waals surface area contributed by atoms with Crippen LogP contribution in [0.25, 0.3) is 0 Å². The SMILES string of the molecule is O=C(NC1CCS(=O)CC1)c1ccc2c(c1)NCC2. The fourth-order valence-corrected chi connectivity index (χ4v) is 3.94. The van der Waals surface area contributed by atoms with Crippen LogP contribution in [0.1, 0.15) is 28.8 Å². The summed E-state index contributed by atoms with van der Waals surface area (Å²) in [6.45, 7) is 0.953. The van der Waals surface area contributed by atoms with Gasteiger partial charge in [0.2, 0.25) is 0 Å². The molecule has 0 unspecified atom stereocenters. The Labute approximate surface area is 115 Å². The molecule has 102 valence electrons. The summed E-state index contributed by atoms with van der Waals surface area (Å²) >= 11 is 0. The average molecular weight is 278 g/mol. The van der Waals surface area contributed by atoms with E-state index >= 15 is 0 Å². The molecule has 2 heterocycles. The fourth-order valence-electron chi connectivity index (χ4n) is 2.64. The maximum absolute atomic E-state index is 12.2. The molecular formula is C14H18N2O2S. The second-order valence-corrected chi connectivity index (χ2v) is 6.84. The van der Waals surface area contributed by atoms with Crippen LogP contribution in [0.5, 0.6) is 0 Å². The summed E-state index contributed by atoms with van der Waals surface area (Å²) in [5, 5.41) is 6.33. The van der Waals surface area contributed by atoms with Crippen LogP contribution in [0.2, 0.25) is 0 Å². The maximum Gasteiger partial charge on any atom is 0.251 e. The van der Waals surface area contributed by atoms with Crippen LogP contribution >= 0.6 is 0 Å². The average Bonchev–Trinajstić information content (AvgIpc) is 2.88. The summed E-state index contributed by atoms with van der Waals surface area (Å²) in [6, 6.07) is 6.02. The molecule has 3 rings (SSSR count). The molecule has 2 N–H and O–H groups in total. The number of nitrogens with one attached hydrogen (secondary N) is 2. The van der Waals surface area contributed by atoms with E-state index in [1.165, 1.54) is 5.56 Å². The van der Waals surface area contributed by atoms with E-state index in [9.17, 15) is 9.00 Å². The molecule has 0 atom stereocenters. The van der Waals surface area contributed by atoms with Gasteiger partial charge >= 0.3 is 0 Å². The molecule has 1 aromatic rings. The lowest BCUT2D eigenvalue weighted by Crippen LogP contribution is -2.39. The van der Waals surface area contributed by atoms with Gasteiger partial charge < -0.3 is 10.6 Å². The highest BCUT2D eigenvalue weighted by Gasteiger charge is 2.20. The van der Waals surface area contributed by atoms with Gasteiger partial charge in [0.1, 0.15) is 0 Å². The van der Waals surface area contributed by atoms with Crippen molar-refractivity contribution in [3.05, 3.63) is 29.3 Å². The fraction of sp³-hybridized carbons (Fsp3) is 0.500. The van der Waals surface area contributed by atoms with Crippen LogP contribution in [0.15, 0.2) is 18.2 Å². The van der Waals surface area contributed by atoms with Crippen LogP contribution in [-0.4, -0.2) is 34.2 Å². The molecule has 0 spiro atoms. The highest BCUT2D eigenvalue weighted by Crippen LogP contribution is 2.23. The molecule has 2 aliphatic rings. The minimum absolute atomic E-state index is 0.0193. The molecule has 0 bridgehead atoms. The number of carbonyl (C=O) groups is 1. The van der Waals surface area contributed by atoms with Crippen molar-refractivity contribution in [2.45, 2.75) is 25.3 Å². The lowest BCUT2D eigenvalue weighted by Gasteiger charge is -2.22. The van der Waals surface area contributed by atoms with Gasteiger partial charge in [-0.15, -0.1) is 0 Å². The summed E-state index contributed by atoms with van der Waals surface area (Å²) in [4.78, 5) is 12.2. The van der Waals surface area contributed by atoms with E-state index in [2.05, 4.69) is 10.6 Å². The smallest absolute Gasteiger partial charge is 0.251 e. The first-order valence-electron chi connectivity index (χ1n) is 6.75. The lowest BCUT2D eigenvalue weighted by atomic mass is 10.1. The van der Waals surface area contributed by atoms with Gasteiger partial charge in [0.15, 0.2) is 0 Å². The molecule has 4 nitrogen and oxygen atoms in total. The molecule has 5 heteroatoms. The first kappa shape index (κ1) is 12.7. The zero-order valence-electron chi connectivity index (χ0n) is 10.8. The van der Waals surface area contributed by atoms with Gasteiger partial charge in [-0.25, -0.2) is 0 Å². The van der Waals surface area contributed by atoms with Gasteiger partial charge in [0.25, 0.3) is 5.91 Å². The zero-order chi connectivity index (χ0) is 13.2. The van der Waals surface area contributed by atoms with Crippen molar-refractivity contribution in [3.8, 4) is 0 Å². The number of anilines is 1. The van der Waals surface area contributed by atoms with E-state index in [0.717, 1.165) is 31.5 Å². The highest BCUT2D eigenvalue weighted by atomic mass is 32.2. The Bertz CT molecular complexity index is 520. The van der Waals surface area contributed by atoms with Gasteiger partial charge in [0, 0.05) is 46.1 Å². The Morgan fingerprint density at radius 2 is 2.11 bits per heavy atom. The molecule has 1 saturated heterocycles. The van der Waals surface area contributed by atoms with Crippen molar-refractivity contribution < 1.29 is 9.00 Å². The summed E-state index contributed by atoms with van der Waals surface area (Å²) in [6.07, 6.45) is 2.68. The Balaban J connectivity index is 1.65. The standard InChI is InChI=1S/C14H18N2O2S/c17-14(16-12-4-7-19(18)8-5-12)11-2-1-10-3-6-15-13(10)9-11/h1-2,9,12,15H,3-8H2,(H,16,17). The van der Waals surface area contributed by atoms with Gasteiger partial charge in [-0.1, -0.05) is 6.07 Å². The van der Waals surface area contributed by atoms with E-state index in [1.54, 1.807) is 0 Å². The summed E-state index contributed by atoms with van der Waals surface area (Å²) < 4.78 is 11.3. The number of hydrogen-bond donors (Lipinski definition) is 2. The summed E-state index contributed by atoms with van der Waals surface area (Å²) in [5.74, 6) is 1.39. The molecule has 0 aromatic heterocycles. The predicted molar refractivity (Wildman–Crippen MR) is 77.0 cm³/mol. The second-order valence-electron chi connectivity index (χ2n) is 5.14. The molecule has 0 aliphatic carbocycles. The van der Waals surface area contributed by atoms with Crippen LogP contribution < -0.4 is 10.6 Å². The molecule has 19 heavy (non-hydrogen) atoms. The van der Waals surface area contributed by atoms with Crippen LogP contribution in [-0.2, 0) is 17.2 Å². The van der Waals surface area contributed by atoms with Crippen molar-refractivity contribution in [1.82, 2.24) is 5.32 Å². The van der Waals surface area contributed by atoms with Gasteiger partial charge in [-0.05, 0) is 37.0 Å². The molecule has 1 aromatic carbocycles. The molecule has 0 saturated carbocycles. The van der Waals surface area contributed by atoms with E-state index in [-0.39, 0.29) is 11.9 Å². The Morgan fingerprint density at radius 1 is 1.32 bits per heavy atom. The van der Waals surface area contributed by atoms with E-state index < -0.39 is 10.8 Å². The van der Waals surface area contributed by atoms with Crippen LogP contribution in [0.4, 0.5) is 5.69 Å². The monoisotopic (exact) mass is 278 g/mol. The summed E-state index contributed by atoms with van der Waals surface area (Å²) in [7, 11) is -0.681.